The number of nitrogens with zero attached hydrogens (tertiary/aromatic N) is 1. The summed E-state index contributed by atoms with van der Waals surface area (Å²) >= 11 is 0. The Morgan fingerprint density at radius 3 is 2.42 bits per heavy atom. The lowest BCUT2D eigenvalue weighted by molar-refractivity contribution is -0.0961. The Morgan fingerprint density at radius 2 is 1.68 bits per heavy atom. The van der Waals surface area contributed by atoms with Gasteiger partial charge in [-0.2, -0.15) is 0 Å². The quantitative estimate of drug-likeness (QED) is 0.624. The van der Waals surface area contributed by atoms with Gasteiger partial charge in [-0.3, -0.25) is 4.90 Å². The number of fused-ring (bicyclic) bond motifs is 1. The average molecular weight is 424 g/mol. The van der Waals surface area contributed by atoms with Gasteiger partial charge in [-0.1, -0.05) is 36.4 Å². The van der Waals surface area contributed by atoms with Crippen molar-refractivity contribution in [2.75, 3.05) is 41.1 Å². The molecule has 1 aliphatic rings. The van der Waals surface area contributed by atoms with Crippen LogP contribution in [0.25, 0.3) is 10.8 Å². The third-order valence-corrected chi connectivity index (χ3v) is 5.96. The summed E-state index contributed by atoms with van der Waals surface area (Å²) in [6.07, 6.45) is -0.340. The van der Waals surface area contributed by atoms with Crippen LogP contribution in [0.2, 0.25) is 0 Å². The molecule has 0 aliphatic carbocycles. The van der Waals surface area contributed by atoms with Gasteiger partial charge in [-0.15, -0.1) is 0 Å². The summed E-state index contributed by atoms with van der Waals surface area (Å²) in [5, 5.41) is 12.4. The van der Waals surface area contributed by atoms with Crippen molar-refractivity contribution in [3.05, 3.63) is 65.7 Å². The number of hydrogen-bond acceptors (Lipinski definition) is 6. The van der Waals surface area contributed by atoms with Crippen molar-refractivity contribution in [3.63, 3.8) is 0 Å². The third-order valence-electron chi connectivity index (χ3n) is 5.96. The molecule has 1 fully saturated rings. The molecule has 0 aromatic heterocycles. The van der Waals surface area contributed by atoms with Gasteiger partial charge in [0.15, 0.2) is 11.5 Å². The highest BCUT2D eigenvalue weighted by Crippen LogP contribution is 2.38. The molecule has 0 bridgehead atoms. The zero-order valence-electron chi connectivity index (χ0n) is 18.2. The summed E-state index contributed by atoms with van der Waals surface area (Å²) in [6.45, 7) is 1.90. The highest BCUT2D eigenvalue weighted by Gasteiger charge is 2.34. The number of methoxy groups -OCH3 is 3. The van der Waals surface area contributed by atoms with Crippen molar-refractivity contribution in [1.29, 1.82) is 0 Å². The fourth-order valence-electron chi connectivity index (χ4n) is 4.45. The van der Waals surface area contributed by atoms with E-state index in [2.05, 4.69) is 23.1 Å². The molecule has 1 saturated heterocycles. The number of aliphatic hydroxyl groups is 1. The Hall–Kier alpha value is -2.80. The molecule has 164 valence electrons. The predicted molar refractivity (Wildman–Crippen MR) is 120 cm³/mol. The van der Waals surface area contributed by atoms with Gasteiger partial charge in [0.05, 0.1) is 40.6 Å². The van der Waals surface area contributed by atoms with Crippen LogP contribution in [0.3, 0.4) is 0 Å². The number of morpholine rings is 1. The fraction of sp³-hybridized carbons (Fsp3) is 0.360. The molecule has 6 heteroatoms. The standard InChI is InChI=1S/C25H29NO5/c1-28-21-10-8-17-6-4-5-7-19(17)20(21)15-26-12-13-31-24(16-27)25(26)18-9-11-22(29-2)23(14-18)30-3/h4-11,14,24-25,27H,12-13,15-16H2,1-3H3/t24-,25-/m1/s1. The summed E-state index contributed by atoms with van der Waals surface area (Å²) in [5.74, 6) is 2.19. The first-order valence-corrected chi connectivity index (χ1v) is 10.4. The van der Waals surface area contributed by atoms with Crippen molar-refractivity contribution in [1.82, 2.24) is 4.90 Å². The molecule has 0 unspecified atom stereocenters. The third kappa shape index (κ3) is 4.19. The smallest absolute Gasteiger partial charge is 0.161 e. The van der Waals surface area contributed by atoms with E-state index in [-0.39, 0.29) is 18.8 Å². The van der Waals surface area contributed by atoms with Gasteiger partial charge in [-0.05, 0) is 34.5 Å². The normalized spacial score (nSPS) is 19.4. The molecule has 0 amide bonds. The van der Waals surface area contributed by atoms with E-state index in [1.165, 1.54) is 10.8 Å². The van der Waals surface area contributed by atoms with Crippen molar-refractivity contribution in [3.8, 4) is 17.2 Å². The first kappa shape index (κ1) is 21.4. The van der Waals surface area contributed by atoms with Gasteiger partial charge >= 0.3 is 0 Å². The summed E-state index contributed by atoms with van der Waals surface area (Å²) in [4.78, 5) is 2.34. The van der Waals surface area contributed by atoms with Crippen LogP contribution in [0.4, 0.5) is 0 Å². The van der Waals surface area contributed by atoms with Crippen molar-refractivity contribution >= 4 is 10.8 Å². The topological polar surface area (TPSA) is 60.4 Å². The van der Waals surface area contributed by atoms with E-state index in [0.29, 0.717) is 24.7 Å². The summed E-state index contributed by atoms with van der Waals surface area (Å²) in [7, 11) is 4.95. The van der Waals surface area contributed by atoms with E-state index in [9.17, 15) is 5.11 Å². The van der Waals surface area contributed by atoms with E-state index in [1.807, 2.05) is 36.4 Å². The molecule has 4 rings (SSSR count). The second-order valence-electron chi connectivity index (χ2n) is 7.59. The number of benzene rings is 3. The maximum absolute atomic E-state index is 10.1. The van der Waals surface area contributed by atoms with Crippen LogP contribution >= 0.6 is 0 Å². The van der Waals surface area contributed by atoms with Crippen LogP contribution in [0.15, 0.2) is 54.6 Å². The summed E-state index contributed by atoms with van der Waals surface area (Å²) in [5.41, 5.74) is 2.14. The Kier molecular flexibility index (Phi) is 6.61. The van der Waals surface area contributed by atoms with E-state index in [1.54, 1.807) is 21.3 Å². The monoisotopic (exact) mass is 423 g/mol. The molecule has 3 aromatic rings. The maximum Gasteiger partial charge on any atom is 0.161 e. The predicted octanol–water partition coefficient (Wildman–Crippen LogP) is 3.80. The lowest BCUT2D eigenvalue weighted by Gasteiger charge is -2.41. The summed E-state index contributed by atoms with van der Waals surface area (Å²) < 4.78 is 22.6. The Bertz CT molecular complexity index is 1040. The Labute approximate surface area is 182 Å². The molecule has 0 saturated carbocycles. The van der Waals surface area contributed by atoms with Crippen molar-refractivity contribution < 1.29 is 24.1 Å². The molecule has 2 atom stereocenters. The van der Waals surface area contributed by atoms with Crippen LogP contribution in [0, 0.1) is 0 Å². The van der Waals surface area contributed by atoms with E-state index in [4.69, 9.17) is 18.9 Å². The van der Waals surface area contributed by atoms with Gasteiger partial charge in [-0.25, -0.2) is 0 Å². The lowest BCUT2D eigenvalue weighted by atomic mass is 9.96. The number of hydrogen-bond donors (Lipinski definition) is 1. The van der Waals surface area contributed by atoms with E-state index >= 15 is 0 Å². The van der Waals surface area contributed by atoms with Crippen LogP contribution in [-0.2, 0) is 11.3 Å². The number of rotatable bonds is 7. The van der Waals surface area contributed by atoms with E-state index in [0.717, 1.165) is 23.4 Å². The molecule has 3 aromatic carbocycles. The summed E-state index contributed by atoms with van der Waals surface area (Å²) in [6, 6.07) is 18.2. The van der Waals surface area contributed by atoms with Crippen molar-refractivity contribution in [2.45, 2.75) is 18.7 Å². The van der Waals surface area contributed by atoms with Crippen LogP contribution in [0.5, 0.6) is 17.2 Å². The van der Waals surface area contributed by atoms with Gasteiger partial charge < -0.3 is 24.1 Å². The van der Waals surface area contributed by atoms with Gasteiger partial charge in [0.1, 0.15) is 11.9 Å². The highest BCUT2D eigenvalue weighted by molar-refractivity contribution is 5.87. The SMILES string of the molecule is COc1ccc([C@@H]2[C@@H](CO)OCCN2Cc2c(OC)ccc3ccccc23)cc1OC. The minimum atomic E-state index is -0.340. The minimum absolute atomic E-state index is 0.0673. The minimum Gasteiger partial charge on any atom is -0.496 e. The molecule has 1 heterocycles. The second-order valence-corrected chi connectivity index (χ2v) is 7.59. The van der Waals surface area contributed by atoms with Crippen LogP contribution in [0.1, 0.15) is 17.2 Å². The molecule has 31 heavy (non-hydrogen) atoms. The van der Waals surface area contributed by atoms with Crippen LogP contribution < -0.4 is 14.2 Å². The average Bonchev–Trinajstić information content (AvgIpc) is 2.83. The first-order chi connectivity index (χ1) is 15.2. The van der Waals surface area contributed by atoms with Gasteiger partial charge in [0, 0.05) is 18.7 Å². The molecule has 0 spiro atoms. The van der Waals surface area contributed by atoms with Gasteiger partial charge in [0.25, 0.3) is 0 Å². The first-order valence-electron chi connectivity index (χ1n) is 10.4. The fourth-order valence-corrected chi connectivity index (χ4v) is 4.45. The lowest BCUT2D eigenvalue weighted by Crippen LogP contribution is -2.46. The highest BCUT2D eigenvalue weighted by atomic mass is 16.5. The van der Waals surface area contributed by atoms with Crippen LogP contribution in [-0.4, -0.2) is 57.2 Å². The Balaban J connectivity index is 1.76. The molecule has 1 N–H and O–H groups in total. The molecular weight excluding hydrogens is 394 g/mol. The Morgan fingerprint density at radius 1 is 0.935 bits per heavy atom. The van der Waals surface area contributed by atoms with E-state index < -0.39 is 0 Å². The van der Waals surface area contributed by atoms with Crippen molar-refractivity contribution in [2.24, 2.45) is 0 Å². The largest absolute Gasteiger partial charge is 0.496 e. The molecule has 0 radical (unpaired) electrons. The number of aliphatic hydroxyl groups excluding tert-OH is 1. The zero-order chi connectivity index (χ0) is 21.8. The molecular formula is C25H29NO5. The molecule has 6 nitrogen and oxygen atoms in total. The van der Waals surface area contributed by atoms with Gasteiger partial charge in [0.2, 0.25) is 0 Å². The second kappa shape index (κ2) is 9.56. The molecule has 1 aliphatic heterocycles. The maximum atomic E-state index is 10.1. The zero-order valence-corrected chi connectivity index (χ0v) is 18.2. The number of ether oxygens (including phenoxy) is 4.